The number of aromatic nitrogens is 1. The van der Waals surface area contributed by atoms with Gasteiger partial charge < -0.3 is 15.4 Å². The summed E-state index contributed by atoms with van der Waals surface area (Å²) in [7, 11) is 3.44. The second-order valence-corrected chi connectivity index (χ2v) is 6.90. The Balaban J connectivity index is 0.00000288. The molecule has 2 N–H and O–H groups in total. The molecule has 0 amide bonds. The van der Waals surface area contributed by atoms with Crippen LogP contribution in [0.1, 0.15) is 45.2 Å². The number of nitrogens with zero attached hydrogens (tertiary/aromatic N) is 2. The highest BCUT2D eigenvalue weighted by atomic mass is 127. The average Bonchev–Trinajstić information content (AvgIpc) is 2.52. The van der Waals surface area contributed by atoms with E-state index in [1.165, 1.54) is 25.7 Å². The maximum atomic E-state index is 5.15. The zero-order chi connectivity index (χ0) is 16.7. The third-order valence-electron chi connectivity index (χ3n) is 4.54. The van der Waals surface area contributed by atoms with Crippen molar-refractivity contribution in [2.75, 3.05) is 20.7 Å². The van der Waals surface area contributed by atoms with Crippen LogP contribution in [0.25, 0.3) is 0 Å². The van der Waals surface area contributed by atoms with Crippen LogP contribution in [-0.4, -0.2) is 31.6 Å². The number of nitrogens with one attached hydrogen (secondary N) is 2. The molecule has 0 bridgehead atoms. The van der Waals surface area contributed by atoms with E-state index in [1.54, 1.807) is 7.11 Å². The zero-order valence-electron chi connectivity index (χ0n) is 15.3. The minimum Gasteiger partial charge on any atom is -0.481 e. The summed E-state index contributed by atoms with van der Waals surface area (Å²) in [4.78, 5) is 8.73. The Kier molecular flexibility index (Phi) is 8.80. The van der Waals surface area contributed by atoms with Crippen molar-refractivity contribution >= 4 is 29.9 Å². The van der Waals surface area contributed by atoms with Crippen molar-refractivity contribution in [1.29, 1.82) is 0 Å². The zero-order valence-corrected chi connectivity index (χ0v) is 17.6. The lowest BCUT2D eigenvalue weighted by atomic mass is 9.64. The van der Waals surface area contributed by atoms with Crippen molar-refractivity contribution < 1.29 is 4.74 Å². The molecule has 1 aromatic rings. The first-order valence-electron chi connectivity index (χ1n) is 8.51. The van der Waals surface area contributed by atoms with Crippen LogP contribution >= 0.6 is 24.0 Å². The first-order chi connectivity index (χ1) is 11.1. The number of methoxy groups -OCH3 is 1. The first-order valence-corrected chi connectivity index (χ1v) is 8.51. The van der Waals surface area contributed by atoms with Crippen molar-refractivity contribution in [2.24, 2.45) is 16.3 Å². The minimum atomic E-state index is 0. The molecule has 0 saturated heterocycles. The van der Waals surface area contributed by atoms with E-state index in [9.17, 15) is 0 Å². The van der Waals surface area contributed by atoms with Crippen LogP contribution in [0.15, 0.2) is 23.2 Å². The van der Waals surface area contributed by atoms with E-state index in [1.807, 2.05) is 25.2 Å². The molecule has 1 fully saturated rings. The van der Waals surface area contributed by atoms with Crippen LogP contribution in [0.4, 0.5) is 0 Å². The fourth-order valence-corrected chi connectivity index (χ4v) is 3.33. The van der Waals surface area contributed by atoms with Gasteiger partial charge in [-0.2, -0.15) is 0 Å². The fourth-order valence-electron chi connectivity index (χ4n) is 3.33. The van der Waals surface area contributed by atoms with E-state index in [0.29, 0.717) is 17.8 Å². The summed E-state index contributed by atoms with van der Waals surface area (Å²) >= 11 is 0. The predicted molar refractivity (Wildman–Crippen MR) is 110 cm³/mol. The molecule has 6 heteroatoms. The Bertz CT molecular complexity index is 530. The molecule has 0 aliphatic heterocycles. The molecule has 1 heterocycles. The minimum absolute atomic E-state index is 0. The molecular weight excluding hydrogens is 415 g/mol. The summed E-state index contributed by atoms with van der Waals surface area (Å²) in [5.41, 5.74) is 1.40. The average molecular weight is 446 g/mol. The lowest BCUT2D eigenvalue weighted by Crippen LogP contribution is -2.46. The number of pyridine rings is 1. The van der Waals surface area contributed by atoms with Crippen LogP contribution in [0, 0.1) is 11.3 Å². The van der Waals surface area contributed by atoms with Gasteiger partial charge in [-0.1, -0.05) is 26.3 Å². The van der Waals surface area contributed by atoms with E-state index in [2.05, 4.69) is 34.5 Å². The van der Waals surface area contributed by atoms with Crippen LogP contribution in [0.3, 0.4) is 0 Å². The number of rotatable bonds is 7. The van der Waals surface area contributed by atoms with Crippen LogP contribution < -0.4 is 15.4 Å². The normalized spacial score (nSPS) is 16.1. The molecule has 0 aromatic carbocycles. The van der Waals surface area contributed by atoms with Crippen molar-refractivity contribution in [2.45, 2.75) is 46.1 Å². The summed E-state index contributed by atoms with van der Waals surface area (Å²) in [5.74, 6) is 2.22. The Hall–Kier alpha value is -1.05. The molecule has 2 rings (SSSR count). The van der Waals surface area contributed by atoms with Gasteiger partial charge in [0.05, 0.1) is 19.3 Å². The Morgan fingerprint density at radius 3 is 2.62 bits per heavy atom. The van der Waals surface area contributed by atoms with Crippen LogP contribution in [0.2, 0.25) is 0 Å². The van der Waals surface area contributed by atoms with Crippen molar-refractivity contribution in [3.8, 4) is 5.88 Å². The van der Waals surface area contributed by atoms with E-state index in [-0.39, 0.29) is 24.0 Å². The first kappa shape index (κ1) is 21.0. The summed E-state index contributed by atoms with van der Waals surface area (Å²) in [6.45, 7) is 6.24. The molecule has 1 aromatic heterocycles. The molecule has 0 unspecified atom stereocenters. The highest BCUT2D eigenvalue weighted by molar-refractivity contribution is 14.0. The van der Waals surface area contributed by atoms with Gasteiger partial charge in [0.1, 0.15) is 0 Å². The molecule has 0 spiro atoms. The number of hydrogen-bond acceptors (Lipinski definition) is 3. The lowest BCUT2D eigenvalue weighted by molar-refractivity contribution is 0.104. The second-order valence-electron chi connectivity index (χ2n) is 6.90. The molecule has 1 saturated carbocycles. The third-order valence-corrected chi connectivity index (χ3v) is 4.54. The molecule has 136 valence electrons. The van der Waals surface area contributed by atoms with E-state index in [0.717, 1.165) is 24.1 Å². The maximum absolute atomic E-state index is 5.15. The molecule has 24 heavy (non-hydrogen) atoms. The van der Waals surface area contributed by atoms with Gasteiger partial charge in [0.2, 0.25) is 5.88 Å². The summed E-state index contributed by atoms with van der Waals surface area (Å²) in [6, 6.07) is 5.78. The van der Waals surface area contributed by atoms with Crippen molar-refractivity contribution in [1.82, 2.24) is 15.6 Å². The van der Waals surface area contributed by atoms with Crippen LogP contribution in [-0.2, 0) is 6.54 Å². The smallest absolute Gasteiger partial charge is 0.213 e. The van der Waals surface area contributed by atoms with E-state index < -0.39 is 0 Å². The highest BCUT2D eigenvalue weighted by Crippen LogP contribution is 2.45. The largest absolute Gasteiger partial charge is 0.481 e. The van der Waals surface area contributed by atoms with Gasteiger partial charge in [-0.25, -0.2) is 4.98 Å². The van der Waals surface area contributed by atoms with E-state index in [4.69, 9.17) is 4.74 Å². The van der Waals surface area contributed by atoms with Gasteiger partial charge in [0.25, 0.3) is 0 Å². The Morgan fingerprint density at radius 1 is 1.33 bits per heavy atom. The summed E-state index contributed by atoms with van der Waals surface area (Å²) in [6.07, 6.45) is 5.29. The Labute approximate surface area is 163 Å². The van der Waals surface area contributed by atoms with Gasteiger partial charge in [0, 0.05) is 19.7 Å². The van der Waals surface area contributed by atoms with Gasteiger partial charge in [0.15, 0.2) is 5.96 Å². The molecule has 0 radical (unpaired) electrons. The quantitative estimate of drug-likeness (QED) is 0.382. The topological polar surface area (TPSA) is 58.5 Å². The molecule has 1 aliphatic carbocycles. The lowest BCUT2D eigenvalue weighted by Gasteiger charge is -2.43. The van der Waals surface area contributed by atoms with Gasteiger partial charge in [-0.3, -0.25) is 4.99 Å². The summed E-state index contributed by atoms with van der Waals surface area (Å²) in [5, 5.41) is 6.83. The summed E-state index contributed by atoms with van der Waals surface area (Å²) < 4.78 is 5.15. The second kappa shape index (κ2) is 10.1. The monoisotopic (exact) mass is 446 g/mol. The molecule has 1 aliphatic rings. The maximum Gasteiger partial charge on any atom is 0.213 e. The van der Waals surface area contributed by atoms with Crippen LogP contribution in [0.5, 0.6) is 5.88 Å². The standard InChI is InChI=1S/C18H30N4O.HI/c1-14(2)11-18(9-6-10-18)13-21-17(19-3)20-12-15-7-5-8-16(22-15)23-4;/h5,7-8,14H,6,9-13H2,1-4H3,(H2,19,20,21);1H. The van der Waals surface area contributed by atoms with Crippen molar-refractivity contribution in [3.63, 3.8) is 0 Å². The molecular formula is C18H31IN4O. The number of halogens is 1. The van der Waals surface area contributed by atoms with E-state index >= 15 is 0 Å². The Morgan fingerprint density at radius 2 is 2.08 bits per heavy atom. The number of aliphatic imine (C=N–C) groups is 1. The number of ether oxygens (including phenoxy) is 1. The van der Waals surface area contributed by atoms with Gasteiger partial charge in [-0.05, 0) is 36.7 Å². The highest BCUT2D eigenvalue weighted by Gasteiger charge is 2.37. The van der Waals surface area contributed by atoms with Gasteiger partial charge >= 0.3 is 0 Å². The van der Waals surface area contributed by atoms with Crippen molar-refractivity contribution in [3.05, 3.63) is 23.9 Å². The molecule has 5 nitrogen and oxygen atoms in total. The number of hydrogen-bond donors (Lipinski definition) is 2. The SMILES string of the molecule is CN=C(NCc1cccc(OC)n1)NCC1(CC(C)C)CCC1.I. The predicted octanol–water partition coefficient (Wildman–Crippen LogP) is 3.59. The number of guanidine groups is 1. The third kappa shape index (κ3) is 6.11. The molecule has 0 atom stereocenters. The van der Waals surface area contributed by atoms with Gasteiger partial charge in [-0.15, -0.1) is 24.0 Å². The fraction of sp³-hybridized carbons (Fsp3) is 0.667.